The molecule has 0 bridgehead atoms. The molecule has 3 saturated heterocycles. The van der Waals surface area contributed by atoms with E-state index in [0.717, 1.165) is 27.8 Å². The first-order valence-corrected chi connectivity index (χ1v) is 17.0. The number of anilines is 1. The highest BCUT2D eigenvalue weighted by molar-refractivity contribution is 8.01. The molecule has 2 aromatic carbocycles. The number of β-lactam (4-membered cyclic amide) rings is 1. The average Bonchev–Trinajstić information content (AvgIpc) is 3.64. The number of nitrogens with two attached hydrogens (primary N) is 1. The number of nitrogens with one attached hydrogen (secondary N) is 1. The zero-order valence-corrected chi connectivity index (χ0v) is 28.9. The Bertz CT molecular complexity index is 1980. The highest BCUT2D eigenvalue weighted by Gasteiger charge is 2.67. The van der Waals surface area contributed by atoms with Crippen LogP contribution in [0.15, 0.2) is 54.7 Å². The highest BCUT2D eigenvalue weighted by Crippen LogP contribution is 2.52. The van der Waals surface area contributed by atoms with Crippen molar-refractivity contribution in [3.05, 3.63) is 65.9 Å². The van der Waals surface area contributed by atoms with E-state index in [9.17, 15) is 49.2 Å². The number of nitrogens with zero attached hydrogens (tertiary/aromatic N) is 5. The second-order valence-corrected chi connectivity index (χ2v) is 14.9. The normalized spacial score (nSPS) is 23.7. The molecule has 3 aliphatic heterocycles. The number of amides is 5. The summed E-state index contributed by atoms with van der Waals surface area (Å²) in [5.74, 6) is -6.47. The Morgan fingerprint density at radius 3 is 2.27 bits per heavy atom. The van der Waals surface area contributed by atoms with Crippen LogP contribution in [0.2, 0.25) is 0 Å². The average molecular weight is 734 g/mol. The summed E-state index contributed by atoms with van der Waals surface area (Å²) in [6.07, 6.45) is 0.370. The van der Waals surface area contributed by atoms with Gasteiger partial charge in [0.1, 0.15) is 40.9 Å². The van der Waals surface area contributed by atoms with Crippen LogP contribution in [0.5, 0.6) is 11.6 Å². The van der Waals surface area contributed by atoms with Crippen molar-refractivity contribution in [3.63, 3.8) is 0 Å². The molecule has 0 radical (unpaired) electrons. The number of imide groups is 2. The number of phenolic OH excluding ortho intramolecular Hbond substituents is 1. The number of thioether (sulfide) groups is 1. The summed E-state index contributed by atoms with van der Waals surface area (Å²) in [4.78, 5) is 90.2. The lowest BCUT2D eigenvalue weighted by atomic mass is 9.94. The van der Waals surface area contributed by atoms with Crippen molar-refractivity contribution in [1.82, 2.24) is 25.1 Å². The van der Waals surface area contributed by atoms with Crippen LogP contribution in [0.1, 0.15) is 49.2 Å². The van der Waals surface area contributed by atoms with E-state index >= 15 is 0 Å². The van der Waals surface area contributed by atoms with Crippen LogP contribution in [0.4, 0.5) is 5.69 Å². The molecule has 6 atom stereocenters. The van der Waals surface area contributed by atoms with Gasteiger partial charge in [-0.05, 0) is 68.8 Å². The number of hydrogen-bond acceptors (Lipinski definition) is 14. The number of fused-ring (bicyclic) bond motifs is 1. The van der Waals surface area contributed by atoms with Gasteiger partial charge in [0.25, 0.3) is 23.6 Å². The van der Waals surface area contributed by atoms with Crippen LogP contribution in [0, 0.1) is 0 Å². The standard InChI is InChI=1S/C34H35N7O10S/c1-15(42)39(30(48)23-21(44)12-13-36-23)18-8-4-17(5-9-18)26-37-14-20(27(45)38-26)28(46)40(29(47)22(35)16-6-10-19(43)11-7-16)24-31(49)41-25(33(50)51)34(2,3)52-32(24)41/h4-11,14,21-25,32,36,43-44H,12-13,35H2,1-3H3,(H,50,51)(H,37,38,45)/t21?,22?,23-,24+,25-,32+/m0/s1. The number of phenols is 1. The fourth-order valence-electron chi connectivity index (χ4n) is 6.66. The van der Waals surface area contributed by atoms with Crippen molar-refractivity contribution < 1.29 is 49.2 Å². The fraction of sp³-hybridized carbons (Fsp3) is 0.353. The van der Waals surface area contributed by atoms with Crippen molar-refractivity contribution in [2.75, 3.05) is 11.4 Å². The summed E-state index contributed by atoms with van der Waals surface area (Å²) >= 11 is 1.10. The monoisotopic (exact) mass is 733 g/mol. The van der Waals surface area contributed by atoms with Gasteiger partial charge in [-0.15, -0.1) is 11.8 Å². The summed E-state index contributed by atoms with van der Waals surface area (Å²) < 4.78 is -0.983. The van der Waals surface area contributed by atoms with Gasteiger partial charge in [-0.1, -0.05) is 12.1 Å². The molecule has 5 amide bonds. The van der Waals surface area contributed by atoms with Crippen molar-refractivity contribution in [2.45, 2.75) is 67.6 Å². The molecule has 1 aromatic heterocycles. The zero-order valence-electron chi connectivity index (χ0n) is 28.0. The minimum Gasteiger partial charge on any atom is -0.508 e. The van der Waals surface area contributed by atoms with E-state index in [4.69, 9.17) is 5.73 Å². The lowest BCUT2D eigenvalue weighted by Gasteiger charge is -2.47. The maximum absolute atomic E-state index is 14.2. The lowest BCUT2D eigenvalue weighted by molar-refractivity contribution is -0.166. The van der Waals surface area contributed by atoms with Crippen molar-refractivity contribution in [2.24, 2.45) is 5.73 Å². The molecule has 3 fully saturated rings. The maximum atomic E-state index is 14.2. The SMILES string of the molecule is CC(=O)N(C(=O)[C@H]1NCCC1O)c1ccc(-c2ncc(C(=O)N(C(=O)C(N)c3ccc(O)cc3)[C@@H]3C(=O)N4[C@@H]3SC(C)(C)[C@@H]4C(=O)O)c(O)n2)cc1. The van der Waals surface area contributed by atoms with E-state index in [1.807, 2.05) is 0 Å². The van der Waals surface area contributed by atoms with Gasteiger partial charge in [0.15, 0.2) is 5.82 Å². The van der Waals surface area contributed by atoms with Crippen molar-refractivity contribution in [1.29, 1.82) is 0 Å². The Hall–Kier alpha value is -5.43. The first kappa shape index (κ1) is 36.4. The highest BCUT2D eigenvalue weighted by atomic mass is 32.2. The van der Waals surface area contributed by atoms with E-state index in [0.29, 0.717) is 23.4 Å². The topological polar surface area (TPSA) is 257 Å². The van der Waals surface area contributed by atoms with Gasteiger partial charge in [0, 0.05) is 23.4 Å². The number of aliphatic hydroxyl groups excluding tert-OH is 1. The number of aliphatic hydroxyl groups is 1. The Kier molecular flexibility index (Phi) is 9.51. The minimum absolute atomic E-state index is 0.0730. The lowest BCUT2D eigenvalue weighted by Crippen LogP contribution is -2.72. The third-order valence-electron chi connectivity index (χ3n) is 9.27. The number of carbonyl (C=O) groups is 6. The predicted molar refractivity (Wildman–Crippen MR) is 183 cm³/mol. The smallest absolute Gasteiger partial charge is 0.327 e. The first-order chi connectivity index (χ1) is 24.5. The van der Waals surface area contributed by atoms with Crippen molar-refractivity contribution >= 4 is 53.0 Å². The van der Waals surface area contributed by atoms with Gasteiger partial charge in [-0.2, -0.15) is 4.98 Å². The molecule has 18 heteroatoms. The second kappa shape index (κ2) is 13.6. The van der Waals surface area contributed by atoms with E-state index in [1.54, 1.807) is 13.8 Å². The molecule has 7 N–H and O–H groups in total. The summed E-state index contributed by atoms with van der Waals surface area (Å²) in [5, 5.41) is 42.7. The first-order valence-electron chi connectivity index (χ1n) is 16.1. The van der Waals surface area contributed by atoms with Gasteiger partial charge in [0.2, 0.25) is 11.8 Å². The van der Waals surface area contributed by atoms with Gasteiger partial charge in [-0.25, -0.2) is 14.7 Å². The molecule has 2 unspecified atom stereocenters. The number of hydrogen-bond donors (Lipinski definition) is 6. The molecule has 3 aliphatic rings. The quantitative estimate of drug-likeness (QED) is 0.171. The Balaban J connectivity index is 1.30. The Morgan fingerprint density at radius 1 is 1.06 bits per heavy atom. The third-order valence-corrected chi connectivity index (χ3v) is 10.8. The van der Waals surface area contributed by atoms with E-state index in [2.05, 4.69) is 15.3 Å². The van der Waals surface area contributed by atoms with Crippen molar-refractivity contribution in [3.8, 4) is 23.0 Å². The molecule has 3 aromatic rings. The zero-order chi connectivity index (χ0) is 37.8. The van der Waals surface area contributed by atoms with Gasteiger partial charge < -0.3 is 36.4 Å². The van der Waals surface area contributed by atoms with Gasteiger partial charge in [0.05, 0.1) is 11.8 Å². The fourth-order valence-corrected chi connectivity index (χ4v) is 8.34. The van der Waals surface area contributed by atoms with E-state index in [-0.39, 0.29) is 22.8 Å². The number of benzene rings is 2. The van der Waals surface area contributed by atoms with Crippen LogP contribution in [0.3, 0.4) is 0 Å². The molecule has 0 saturated carbocycles. The van der Waals surface area contributed by atoms with Crippen LogP contribution in [0.25, 0.3) is 11.4 Å². The number of carboxylic acids is 1. The van der Waals surface area contributed by atoms with Gasteiger partial charge >= 0.3 is 5.97 Å². The summed E-state index contributed by atoms with van der Waals surface area (Å²) in [7, 11) is 0. The molecular weight excluding hydrogens is 698 g/mol. The number of aromatic nitrogens is 2. The number of aromatic hydroxyl groups is 2. The second-order valence-electron chi connectivity index (χ2n) is 13.1. The molecule has 0 spiro atoms. The predicted octanol–water partition coefficient (Wildman–Crippen LogP) is 0.341. The largest absolute Gasteiger partial charge is 0.508 e. The molecule has 272 valence electrons. The molecule has 0 aliphatic carbocycles. The summed E-state index contributed by atoms with van der Waals surface area (Å²) in [6.45, 7) is 4.89. The number of rotatable bonds is 8. The Morgan fingerprint density at radius 2 is 1.71 bits per heavy atom. The maximum Gasteiger partial charge on any atom is 0.327 e. The summed E-state index contributed by atoms with van der Waals surface area (Å²) in [5.41, 5.74) is 6.44. The molecular formula is C34H35N7O10S. The van der Waals surface area contributed by atoms with E-state index < -0.39 is 87.3 Å². The van der Waals surface area contributed by atoms with Gasteiger partial charge in [-0.3, -0.25) is 28.9 Å². The molecule has 4 heterocycles. The third kappa shape index (κ3) is 6.23. The molecule has 6 rings (SSSR count). The number of aliphatic carboxylic acids is 1. The van der Waals surface area contributed by atoms with Crippen LogP contribution in [-0.4, -0.2) is 117 Å². The summed E-state index contributed by atoms with van der Waals surface area (Å²) in [6, 6.07) is 5.97. The molecule has 17 nitrogen and oxygen atoms in total. The van der Waals surface area contributed by atoms with E-state index in [1.165, 1.54) is 55.5 Å². The van der Waals surface area contributed by atoms with Crippen LogP contribution >= 0.6 is 11.8 Å². The van der Waals surface area contributed by atoms with Crippen LogP contribution in [-0.2, 0) is 24.0 Å². The minimum atomic E-state index is -1.50. The van der Waals surface area contributed by atoms with Crippen LogP contribution < -0.4 is 16.0 Å². The number of carbonyl (C=O) groups excluding carboxylic acids is 5. The number of carboxylic acid groups (broad SMARTS) is 1. The Labute approximate surface area is 300 Å². The molecule has 52 heavy (non-hydrogen) atoms.